The number of rotatable bonds is 8. The average molecular weight is 232 g/mol. The maximum atomic E-state index is 11.5. The highest BCUT2D eigenvalue weighted by molar-refractivity contribution is 5.76. The van der Waals surface area contributed by atoms with Gasteiger partial charge in [0.15, 0.2) is 6.10 Å². The van der Waals surface area contributed by atoms with E-state index in [0.29, 0.717) is 0 Å². The Bertz CT molecular complexity index is 226. The largest absolute Gasteiger partial charge is 0.481 e. The molecule has 0 spiro atoms. The lowest BCUT2D eigenvalue weighted by Crippen LogP contribution is -2.29. The lowest BCUT2D eigenvalue weighted by atomic mass is 10.2. The van der Waals surface area contributed by atoms with Gasteiger partial charge < -0.3 is 14.6 Å². The minimum Gasteiger partial charge on any atom is -0.481 e. The lowest BCUT2D eigenvalue weighted by Gasteiger charge is -2.17. The van der Waals surface area contributed by atoms with E-state index in [4.69, 9.17) is 14.6 Å². The van der Waals surface area contributed by atoms with Crippen molar-refractivity contribution in [2.45, 2.75) is 51.7 Å². The lowest BCUT2D eigenvalue weighted by molar-refractivity contribution is -0.161. The van der Waals surface area contributed by atoms with E-state index in [0.717, 1.165) is 12.8 Å². The second-order valence-corrected chi connectivity index (χ2v) is 3.69. The SMILES string of the molecule is CCCC(C)OC(=O)C(CCC(=O)O)OC. The van der Waals surface area contributed by atoms with Crippen LogP contribution < -0.4 is 0 Å². The molecule has 1 N–H and O–H groups in total. The maximum absolute atomic E-state index is 11.5. The Morgan fingerprint density at radius 3 is 2.38 bits per heavy atom. The summed E-state index contributed by atoms with van der Waals surface area (Å²) in [4.78, 5) is 21.9. The number of carbonyl (C=O) groups is 2. The molecular weight excluding hydrogens is 212 g/mol. The molecule has 0 radical (unpaired) electrons. The first-order chi connectivity index (χ1) is 7.51. The van der Waals surface area contributed by atoms with Crippen LogP contribution in [-0.4, -0.2) is 36.4 Å². The molecule has 2 atom stereocenters. The second kappa shape index (κ2) is 8.10. The monoisotopic (exact) mass is 232 g/mol. The molecule has 0 fully saturated rings. The van der Waals surface area contributed by atoms with Crippen LogP contribution in [0.1, 0.15) is 39.5 Å². The van der Waals surface area contributed by atoms with Crippen LogP contribution in [0, 0.1) is 0 Å². The van der Waals surface area contributed by atoms with E-state index in [1.807, 2.05) is 13.8 Å². The van der Waals surface area contributed by atoms with Gasteiger partial charge in [0, 0.05) is 13.5 Å². The predicted octanol–water partition coefficient (Wildman–Crippen LogP) is 1.60. The zero-order chi connectivity index (χ0) is 12.6. The van der Waals surface area contributed by atoms with E-state index in [9.17, 15) is 9.59 Å². The van der Waals surface area contributed by atoms with Crippen LogP contribution in [0.25, 0.3) is 0 Å². The smallest absolute Gasteiger partial charge is 0.335 e. The minimum absolute atomic E-state index is 0.101. The number of carboxylic acids is 1. The molecule has 5 nitrogen and oxygen atoms in total. The van der Waals surface area contributed by atoms with Gasteiger partial charge in [0.2, 0.25) is 0 Å². The van der Waals surface area contributed by atoms with Crippen LogP contribution in [0.15, 0.2) is 0 Å². The Morgan fingerprint density at radius 2 is 1.94 bits per heavy atom. The number of esters is 1. The number of methoxy groups -OCH3 is 1. The quantitative estimate of drug-likeness (QED) is 0.643. The minimum atomic E-state index is -0.948. The second-order valence-electron chi connectivity index (χ2n) is 3.69. The molecule has 0 aromatic carbocycles. The Balaban J connectivity index is 4.04. The van der Waals surface area contributed by atoms with Crippen LogP contribution in [0.5, 0.6) is 0 Å². The van der Waals surface area contributed by atoms with E-state index in [-0.39, 0.29) is 18.9 Å². The molecule has 5 heteroatoms. The van der Waals surface area contributed by atoms with Gasteiger partial charge in [-0.3, -0.25) is 4.79 Å². The third-order valence-electron chi connectivity index (χ3n) is 2.18. The van der Waals surface area contributed by atoms with E-state index in [1.165, 1.54) is 7.11 Å². The predicted molar refractivity (Wildman–Crippen MR) is 58.1 cm³/mol. The first-order valence-corrected chi connectivity index (χ1v) is 5.46. The molecule has 0 aromatic rings. The summed E-state index contributed by atoms with van der Waals surface area (Å²) in [6, 6.07) is 0. The standard InChI is InChI=1S/C11H20O5/c1-4-5-8(2)16-11(14)9(15-3)6-7-10(12)13/h8-9H,4-7H2,1-3H3,(H,12,13). The molecule has 0 aliphatic rings. The van der Waals surface area contributed by atoms with Crippen LogP contribution in [0.2, 0.25) is 0 Å². The van der Waals surface area contributed by atoms with Crippen molar-refractivity contribution in [3.05, 3.63) is 0 Å². The Morgan fingerprint density at radius 1 is 1.31 bits per heavy atom. The number of carbonyl (C=O) groups excluding carboxylic acids is 1. The van der Waals surface area contributed by atoms with Gasteiger partial charge in [0.05, 0.1) is 6.10 Å². The fourth-order valence-corrected chi connectivity index (χ4v) is 1.33. The summed E-state index contributed by atoms with van der Waals surface area (Å²) in [6.07, 6.45) is 0.831. The van der Waals surface area contributed by atoms with Gasteiger partial charge in [0.1, 0.15) is 0 Å². The molecule has 0 saturated carbocycles. The third-order valence-corrected chi connectivity index (χ3v) is 2.18. The van der Waals surface area contributed by atoms with Crippen LogP contribution in [0.4, 0.5) is 0 Å². The maximum Gasteiger partial charge on any atom is 0.335 e. The highest BCUT2D eigenvalue weighted by atomic mass is 16.6. The third kappa shape index (κ3) is 6.40. The number of hydrogen-bond acceptors (Lipinski definition) is 4. The Hall–Kier alpha value is -1.10. The summed E-state index contributed by atoms with van der Waals surface area (Å²) in [5, 5.41) is 8.50. The summed E-state index contributed by atoms with van der Waals surface area (Å²) in [6.45, 7) is 3.81. The van der Waals surface area contributed by atoms with Crippen molar-refractivity contribution in [3.63, 3.8) is 0 Å². The van der Waals surface area contributed by atoms with Crippen molar-refractivity contribution in [1.82, 2.24) is 0 Å². The molecule has 0 saturated heterocycles. The topological polar surface area (TPSA) is 72.8 Å². The zero-order valence-corrected chi connectivity index (χ0v) is 10.1. The van der Waals surface area contributed by atoms with Crippen LogP contribution in [0.3, 0.4) is 0 Å². The van der Waals surface area contributed by atoms with E-state index in [1.54, 1.807) is 0 Å². The highest BCUT2D eigenvalue weighted by Gasteiger charge is 2.22. The zero-order valence-electron chi connectivity index (χ0n) is 10.1. The number of ether oxygens (including phenoxy) is 2. The van der Waals surface area contributed by atoms with Gasteiger partial charge in [-0.15, -0.1) is 0 Å². The fraction of sp³-hybridized carbons (Fsp3) is 0.818. The molecule has 0 aromatic heterocycles. The summed E-state index contributed by atoms with van der Waals surface area (Å²) in [5.41, 5.74) is 0. The normalized spacial score (nSPS) is 14.2. The van der Waals surface area contributed by atoms with Gasteiger partial charge in [-0.2, -0.15) is 0 Å². The Kier molecular flexibility index (Phi) is 7.54. The Labute approximate surface area is 95.7 Å². The van der Waals surface area contributed by atoms with Crippen molar-refractivity contribution < 1.29 is 24.2 Å². The van der Waals surface area contributed by atoms with Crippen molar-refractivity contribution >= 4 is 11.9 Å². The molecule has 0 rings (SSSR count). The molecule has 2 unspecified atom stereocenters. The van der Waals surface area contributed by atoms with Gasteiger partial charge in [-0.05, 0) is 19.8 Å². The fourth-order valence-electron chi connectivity index (χ4n) is 1.33. The number of carboxylic acid groups (broad SMARTS) is 1. The number of hydrogen-bond donors (Lipinski definition) is 1. The first kappa shape index (κ1) is 14.9. The van der Waals surface area contributed by atoms with E-state index in [2.05, 4.69) is 0 Å². The van der Waals surface area contributed by atoms with Crippen molar-refractivity contribution in [2.24, 2.45) is 0 Å². The molecule has 0 heterocycles. The average Bonchev–Trinajstić information content (AvgIpc) is 2.18. The summed E-state index contributed by atoms with van der Waals surface area (Å²) < 4.78 is 10.0. The van der Waals surface area contributed by atoms with Gasteiger partial charge in [0.25, 0.3) is 0 Å². The van der Waals surface area contributed by atoms with Crippen molar-refractivity contribution in [3.8, 4) is 0 Å². The van der Waals surface area contributed by atoms with Gasteiger partial charge in [-0.25, -0.2) is 4.79 Å². The molecule has 94 valence electrons. The summed E-state index contributed by atoms with van der Waals surface area (Å²) in [5.74, 6) is -1.43. The van der Waals surface area contributed by atoms with E-state index < -0.39 is 18.0 Å². The van der Waals surface area contributed by atoms with Crippen LogP contribution in [-0.2, 0) is 19.1 Å². The van der Waals surface area contributed by atoms with Crippen LogP contribution >= 0.6 is 0 Å². The molecular formula is C11H20O5. The molecule has 0 bridgehead atoms. The van der Waals surface area contributed by atoms with Crippen molar-refractivity contribution in [1.29, 1.82) is 0 Å². The van der Waals surface area contributed by atoms with E-state index >= 15 is 0 Å². The molecule has 0 aliphatic heterocycles. The molecule has 0 aliphatic carbocycles. The molecule has 0 amide bonds. The first-order valence-electron chi connectivity index (χ1n) is 5.46. The number of aliphatic carboxylic acids is 1. The molecule has 16 heavy (non-hydrogen) atoms. The van der Waals surface area contributed by atoms with Crippen molar-refractivity contribution in [2.75, 3.05) is 7.11 Å². The summed E-state index contributed by atoms with van der Waals surface area (Å²) >= 11 is 0. The highest BCUT2D eigenvalue weighted by Crippen LogP contribution is 2.08. The summed E-state index contributed by atoms with van der Waals surface area (Å²) in [7, 11) is 1.37. The van der Waals surface area contributed by atoms with Gasteiger partial charge >= 0.3 is 11.9 Å². The van der Waals surface area contributed by atoms with Gasteiger partial charge in [-0.1, -0.05) is 13.3 Å².